The monoisotopic (exact) mass is 504 g/mol. The van der Waals surface area contributed by atoms with Gasteiger partial charge in [-0.3, -0.25) is 4.98 Å². The normalized spacial score (nSPS) is 9.29. The molecular formula is C15H16N5U-. The SMILES string of the molecule is CC.Cc1nccc(-c2cc(-c3cccnc3)[n-]n2)n1.[U]. The van der Waals surface area contributed by atoms with Gasteiger partial charge in [-0.05, 0) is 30.7 Å². The third-order valence-corrected chi connectivity index (χ3v) is 2.53. The Hall–Kier alpha value is -1.51. The Morgan fingerprint density at radius 3 is 2.52 bits per heavy atom. The van der Waals surface area contributed by atoms with Crippen LogP contribution in [-0.4, -0.2) is 20.1 Å². The molecule has 21 heavy (non-hydrogen) atoms. The second-order valence-electron chi connectivity index (χ2n) is 3.85. The standard InChI is InChI=1S/C13H10N5.C2H6.U/c1-9-15-6-4-11(16-9)13-7-12(17-18-13)10-3-2-5-14-8-10;1-2;/h2-8H,1H3;1-2H3;/q-1;;. The van der Waals surface area contributed by atoms with E-state index >= 15 is 0 Å². The third-order valence-electron chi connectivity index (χ3n) is 2.53. The number of aryl methyl sites for hydroxylation is 1. The molecule has 0 radical (unpaired) electrons. The molecule has 0 unspecified atom stereocenters. The maximum atomic E-state index is 4.32. The average Bonchev–Trinajstić information content (AvgIpc) is 3.00. The molecule has 0 aliphatic carbocycles. The van der Waals surface area contributed by atoms with Crippen LogP contribution in [0.2, 0.25) is 0 Å². The molecule has 0 saturated carbocycles. The first-order valence-electron chi connectivity index (χ1n) is 6.54. The molecule has 0 aliphatic rings. The molecule has 0 N–H and O–H groups in total. The van der Waals surface area contributed by atoms with Gasteiger partial charge in [0.2, 0.25) is 0 Å². The summed E-state index contributed by atoms with van der Waals surface area (Å²) in [6.45, 7) is 5.85. The maximum absolute atomic E-state index is 4.32. The molecule has 106 valence electrons. The van der Waals surface area contributed by atoms with Crippen LogP contribution in [0.3, 0.4) is 0 Å². The van der Waals surface area contributed by atoms with Crippen molar-refractivity contribution in [1.29, 1.82) is 0 Å². The Morgan fingerprint density at radius 1 is 1.05 bits per heavy atom. The summed E-state index contributed by atoms with van der Waals surface area (Å²) in [5.41, 5.74) is 3.28. The van der Waals surface area contributed by atoms with Gasteiger partial charge < -0.3 is 10.2 Å². The number of pyridine rings is 1. The predicted octanol–water partition coefficient (Wildman–Crippen LogP) is 2.89. The summed E-state index contributed by atoms with van der Waals surface area (Å²) in [6.07, 6.45) is 5.21. The molecular weight excluding hydrogens is 488 g/mol. The number of hydrogen-bond acceptors (Lipinski definition) is 4. The van der Waals surface area contributed by atoms with Crippen molar-refractivity contribution >= 4 is 0 Å². The molecule has 6 heteroatoms. The minimum absolute atomic E-state index is 0. The van der Waals surface area contributed by atoms with Crippen molar-refractivity contribution in [2.75, 3.05) is 0 Å². The van der Waals surface area contributed by atoms with Gasteiger partial charge in [0.1, 0.15) is 5.82 Å². The van der Waals surface area contributed by atoms with E-state index in [2.05, 4.69) is 25.1 Å². The smallest absolute Gasteiger partial charge is 0.125 e. The van der Waals surface area contributed by atoms with Gasteiger partial charge in [-0.25, -0.2) is 9.97 Å². The maximum Gasteiger partial charge on any atom is 0.125 e. The summed E-state index contributed by atoms with van der Waals surface area (Å²) in [5, 5.41) is 8.28. The van der Waals surface area contributed by atoms with Crippen LogP contribution in [0.1, 0.15) is 19.7 Å². The van der Waals surface area contributed by atoms with E-state index < -0.39 is 0 Å². The van der Waals surface area contributed by atoms with E-state index in [1.165, 1.54) is 0 Å². The first-order chi connectivity index (χ1) is 9.83. The molecule has 0 atom stereocenters. The Balaban J connectivity index is 0.000000706. The zero-order valence-corrected chi connectivity index (χ0v) is 16.4. The summed E-state index contributed by atoms with van der Waals surface area (Å²) in [4.78, 5) is 12.4. The van der Waals surface area contributed by atoms with Gasteiger partial charge in [0.25, 0.3) is 0 Å². The summed E-state index contributed by atoms with van der Waals surface area (Å²) in [5.74, 6) is 0.721. The molecule has 0 spiro atoms. The van der Waals surface area contributed by atoms with Crippen LogP contribution in [0.4, 0.5) is 0 Å². The molecule has 5 nitrogen and oxygen atoms in total. The molecule has 0 bridgehead atoms. The number of hydrogen-bond donors (Lipinski definition) is 0. The van der Waals surface area contributed by atoms with Crippen molar-refractivity contribution in [2.45, 2.75) is 20.8 Å². The van der Waals surface area contributed by atoms with E-state index in [9.17, 15) is 0 Å². The van der Waals surface area contributed by atoms with E-state index in [1.54, 1.807) is 18.6 Å². The van der Waals surface area contributed by atoms with E-state index in [0.717, 1.165) is 28.5 Å². The summed E-state index contributed by atoms with van der Waals surface area (Å²) in [6, 6.07) is 7.55. The second-order valence-corrected chi connectivity index (χ2v) is 3.85. The van der Waals surface area contributed by atoms with Crippen molar-refractivity contribution in [3.05, 3.63) is 48.7 Å². The van der Waals surface area contributed by atoms with E-state index in [1.807, 2.05) is 45.0 Å². The van der Waals surface area contributed by atoms with Gasteiger partial charge in [-0.2, -0.15) is 0 Å². The molecule has 3 aromatic rings. The molecule has 0 fully saturated rings. The quantitative estimate of drug-likeness (QED) is 0.537. The van der Waals surface area contributed by atoms with Crippen molar-refractivity contribution in [2.24, 2.45) is 0 Å². The minimum atomic E-state index is 0. The Morgan fingerprint density at radius 2 is 1.86 bits per heavy atom. The Labute approximate surface area is 148 Å². The van der Waals surface area contributed by atoms with Crippen LogP contribution in [-0.2, 0) is 0 Å². The van der Waals surface area contributed by atoms with Crippen LogP contribution in [0.5, 0.6) is 0 Å². The van der Waals surface area contributed by atoms with Crippen LogP contribution in [0, 0.1) is 38.0 Å². The molecule has 0 saturated heterocycles. The fraction of sp³-hybridized carbons (Fsp3) is 0.200. The summed E-state index contributed by atoms with van der Waals surface area (Å²) in [7, 11) is 0. The van der Waals surface area contributed by atoms with Crippen LogP contribution in [0.25, 0.3) is 22.6 Å². The fourth-order valence-electron chi connectivity index (χ4n) is 1.67. The minimum Gasteiger partial charge on any atom is -0.574 e. The fourth-order valence-corrected chi connectivity index (χ4v) is 1.67. The van der Waals surface area contributed by atoms with E-state index in [4.69, 9.17) is 0 Å². The van der Waals surface area contributed by atoms with E-state index in [0.29, 0.717) is 0 Å². The summed E-state index contributed by atoms with van der Waals surface area (Å²) >= 11 is 0. The van der Waals surface area contributed by atoms with Crippen LogP contribution < -0.4 is 5.10 Å². The Kier molecular flexibility index (Phi) is 7.27. The third kappa shape index (κ3) is 4.48. The largest absolute Gasteiger partial charge is 0.574 e. The molecule has 3 heterocycles. The number of rotatable bonds is 2. The van der Waals surface area contributed by atoms with Gasteiger partial charge in [0.15, 0.2) is 0 Å². The number of nitrogens with zero attached hydrogens (tertiary/aromatic N) is 5. The van der Waals surface area contributed by atoms with E-state index in [-0.39, 0.29) is 31.1 Å². The zero-order valence-electron chi connectivity index (χ0n) is 12.3. The van der Waals surface area contributed by atoms with Gasteiger partial charge in [-0.1, -0.05) is 19.9 Å². The number of aromatic nitrogens is 5. The molecule has 0 aliphatic heterocycles. The van der Waals surface area contributed by atoms with Crippen LogP contribution >= 0.6 is 0 Å². The summed E-state index contributed by atoms with van der Waals surface area (Å²) < 4.78 is 0. The van der Waals surface area contributed by atoms with Crippen molar-refractivity contribution < 1.29 is 31.1 Å². The van der Waals surface area contributed by atoms with Gasteiger partial charge in [0, 0.05) is 49.7 Å². The van der Waals surface area contributed by atoms with Crippen LogP contribution in [0.15, 0.2) is 42.9 Å². The van der Waals surface area contributed by atoms with Gasteiger partial charge >= 0.3 is 0 Å². The average molecular weight is 504 g/mol. The van der Waals surface area contributed by atoms with Crippen molar-refractivity contribution in [3.63, 3.8) is 0 Å². The van der Waals surface area contributed by atoms with Gasteiger partial charge in [0.05, 0.1) is 11.4 Å². The first kappa shape index (κ1) is 17.5. The molecule has 0 amide bonds. The predicted molar refractivity (Wildman–Crippen MR) is 77.9 cm³/mol. The van der Waals surface area contributed by atoms with Crippen molar-refractivity contribution in [3.8, 4) is 22.6 Å². The molecule has 3 aromatic heterocycles. The first-order valence-corrected chi connectivity index (χ1v) is 6.54. The molecule has 3 rings (SSSR count). The Bertz CT molecular complexity index is 667. The zero-order chi connectivity index (χ0) is 14.4. The topological polar surface area (TPSA) is 65.7 Å². The van der Waals surface area contributed by atoms with Gasteiger partial charge in [-0.15, -0.1) is 5.69 Å². The molecule has 0 aromatic carbocycles. The second kappa shape index (κ2) is 8.71. The van der Waals surface area contributed by atoms with Crippen molar-refractivity contribution in [1.82, 2.24) is 25.1 Å².